The highest BCUT2D eigenvalue weighted by atomic mass is 32.2. The summed E-state index contributed by atoms with van der Waals surface area (Å²) in [6.07, 6.45) is 3.11. The first-order valence-electron chi connectivity index (χ1n) is 8.37. The minimum absolute atomic E-state index is 0.0263. The molecule has 0 heterocycles. The third kappa shape index (κ3) is 7.68. The predicted molar refractivity (Wildman–Crippen MR) is 96.9 cm³/mol. The van der Waals surface area contributed by atoms with E-state index < -0.39 is 0 Å². The van der Waals surface area contributed by atoms with E-state index in [1.54, 1.807) is 23.9 Å². The van der Waals surface area contributed by atoms with Crippen LogP contribution in [-0.4, -0.2) is 43.3 Å². The Bertz CT molecular complexity index is 546. The van der Waals surface area contributed by atoms with Crippen molar-refractivity contribution in [2.45, 2.75) is 37.1 Å². The summed E-state index contributed by atoms with van der Waals surface area (Å²) in [5.74, 6) is 1.36. The number of nitrogens with zero attached hydrogens (tertiary/aromatic N) is 1. The van der Waals surface area contributed by atoms with Gasteiger partial charge in [-0.15, -0.1) is 11.8 Å². The smallest absolute Gasteiger partial charge is 0.242 e. The zero-order valence-corrected chi connectivity index (χ0v) is 14.8. The average molecular weight is 352 g/mol. The maximum atomic E-state index is 12.8. The van der Waals surface area contributed by atoms with Crippen molar-refractivity contribution in [1.82, 2.24) is 16.0 Å². The number of hydrogen-bond acceptors (Lipinski definition) is 3. The topological polar surface area (TPSA) is 65.5 Å². The minimum atomic E-state index is -0.210. The first-order valence-corrected chi connectivity index (χ1v) is 9.36. The number of hydrogen-bond donors (Lipinski definition) is 3. The Hall–Kier alpha value is -1.76. The van der Waals surface area contributed by atoms with Crippen molar-refractivity contribution in [2.24, 2.45) is 4.99 Å². The molecule has 5 nitrogen and oxygen atoms in total. The molecule has 1 aromatic carbocycles. The number of amides is 1. The van der Waals surface area contributed by atoms with E-state index in [0.717, 1.165) is 43.0 Å². The lowest BCUT2D eigenvalue weighted by molar-refractivity contribution is -0.119. The molecule has 0 atom stereocenters. The van der Waals surface area contributed by atoms with E-state index in [4.69, 9.17) is 0 Å². The summed E-state index contributed by atoms with van der Waals surface area (Å²) in [4.78, 5) is 17.0. The van der Waals surface area contributed by atoms with Gasteiger partial charge in [0.15, 0.2) is 5.96 Å². The molecule has 0 spiro atoms. The van der Waals surface area contributed by atoms with Gasteiger partial charge in [0, 0.05) is 24.0 Å². The highest BCUT2D eigenvalue weighted by molar-refractivity contribution is 7.99. The molecule has 1 saturated carbocycles. The molecule has 0 aliphatic heterocycles. The van der Waals surface area contributed by atoms with Gasteiger partial charge in [-0.2, -0.15) is 0 Å². The van der Waals surface area contributed by atoms with Gasteiger partial charge < -0.3 is 16.0 Å². The van der Waals surface area contributed by atoms with Crippen LogP contribution in [0, 0.1) is 5.82 Å². The second-order valence-corrected chi connectivity index (χ2v) is 6.79. The molecule has 0 unspecified atom stereocenters. The Labute approximate surface area is 146 Å². The minimum Gasteiger partial charge on any atom is -0.357 e. The fraction of sp³-hybridized carbons (Fsp3) is 0.529. The molecule has 132 valence electrons. The Balaban J connectivity index is 1.62. The maximum Gasteiger partial charge on any atom is 0.242 e. The van der Waals surface area contributed by atoms with E-state index in [-0.39, 0.29) is 18.3 Å². The van der Waals surface area contributed by atoms with Crippen molar-refractivity contribution < 1.29 is 9.18 Å². The number of benzene rings is 1. The average Bonchev–Trinajstić information content (AvgIpc) is 3.38. The Kier molecular flexibility index (Phi) is 7.88. The summed E-state index contributed by atoms with van der Waals surface area (Å²) in [6.45, 7) is 3.66. The molecule has 1 aromatic rings. The number of thioether (sulfide) groups is 1. The zero-order chi connectivity index (χ0) is 17.2. The van der Waals surface area contributed by atoms with Crippen LogP contribution in [0.3, 0.4) is 0 Å². The Morgan fingerprint density at radius 1 is 1.29 bits per heavy atom. The number of carbonyl (C=O) groups is 1. The highest BCUT2D eigenvalue weighted by Gasteiger charge is 2.22. The van der Waals surface area contributed by atoms with Gasteiger partial charge >= 0.3 is 0 Å². The van der Waals surface area contributed by atoms with Gasteiger partial charge in [0.1, 0.15) is 12.4 Å². The third-order valence-corrected chi connectivity index (χ3v) is 4.46. The largest absolute Gasteiger partial charge is 0.357 e. The molecule has 1 amide bonds. The van der Waals surface area contributed by atoms with Crippen molar-refractivity contribution >= 4 is 23.6 Å². The predicted octanol–water partition coefficient (Wildman–Crippen LogP) is 2.14. The monoisotopic (exact) mass is 352 g/mol. The summed E-state index contributed by atoms with van der Waals surface area (Å²) in [7, 11) is 0. The highest BCUT2D eigenvalue weighted by Crippen LogP contribution is 2.19. The number of carbonyl (C=O) groups excluding carboxylic acids is 1. The summed E-state index contributed by atoms with van der Waals surface area (Å²) < 4.78 is 12.8. The zero-order valence-electron chi connectivity index (χ0n) is 14.0. The molecule has 1 aliphatic rings. The second-order valence-electron chi connectivity index (χ2n) is 5.62. The summed E-state index contributed by atoms with van der Waals surface area (Å²) >= 11 is 1.70. The van der Waals surface area contributed by atoms with Crippen LogP contribution in [0.2, 0.25) is 0 Å². The fourth-order valence-corrected chi connectivity index (χ4v) is 2.85. The third-order valence-electron chi connectivity index (χ3n) is 3.36. The van der Waals surface area contributed by atoms with Crippen LogP contribution in [-0.2, 0) is 4.79 Å². The van der Waals surface area contributed by atoms with Gasteiger partial charge in [0.05, 0.1) is 0 Å². The quantitative estimate of drug-likeness (QED) is 0.276. The lowest BCUT2D eigenvalue weighted by Gasteiger charge is -2.11. The van der Waals surface area contributed by atoms with Crippen molar-refractivity contribution in [2.75, 3.05) is 25.4 Å². The number of rotatable bonds is 9. The van der Waals surface area contributed by atoms with E-state index >= 15 is 0 Å². The number of guanidine groups is 1. The van der Waals surface area contributed by atoms with Crippen LogP contribution < -0.4 is 16.0 Å². The van der Waals surface area contributed by atoms with Crippen LogP contribution >= 0.6 is 11.8 Å². The number of halogens is 1. The van der Waals surface area contributed by atoms with Gasteiger partial charge in [0.2, 0.25) is 5.91 Å². The lowest BCUT2D eigenvalue weighted by atomic mass is 10.4. The fourth-order valence-electron chi connectivity index (χ4n) is 1.99. The molecule has 2 rings (SSSR count). The van der Waals surface area contributed by atoms with Crippen molar-refractivity contribution in [3.63, 3.8) is 0 Å². The van der Waals surface area contributed by atoms with Crippen LogP contribution in [0.15, 0.2) is 34.2 Å². The van der Waals surface area contributed by atoms with Crippen molar-refractivity contribution in [3.8, 4) is 0 Å². The molecule has 3 N–H and O–H groups in total. The molecule has 1 aliphatic carbocycles. The molecule has 0 radical (unpaired) electrons. The molecule has 24 heavy (non-hydrogen) atoms. The van der Waals surface area contributed by atoms with Gasteiger partial charge in [-0.05, 0) is 56.2 Å². The second kappa shape index (κ2) is 10.2. The van der Waals surface area contributed by atoms with Gasteiger partial charge in [0.25, 0.3) is 0 Å². The Morgan fingerprint density at radius 2 is 2.04 bits per heavy atom. The molecular formula is C17H25FN4OS. The van der Waals surface area contributed by atoms with Crippen LogP contribution in [0.1, 0.15) is 26.2 Å². The number of aliphatic imine (C=N–C) groups is 1. The van der Waals surface area contributed by atoms with Gasteiger partial charge in [-0.25, -0.2) is 9.38 Å². The Morgan fingerprint density at radius 3 is 2.71 bits per heavy atom. The number of nitrogens with one attached hydrogen (secondary N) is 3. The van der Waals surface area contributed by atoms with Gasteiger partial charge in [-0.1, -0.05) is 0 Å². The molecular weight excluding hydrogens is 327 g/mol. The molecule has 7 heteroatoms. The lowest BCUT2D eigenvalue weighted by Crippen LogP contribution is -2.39. The van der Waals surface area contributed by atoms with Gasteiger partial charge in [-0.3, -0.25) is 4.79 Å². The van der Waals surface area contributed by atoms with E-state index in [1.807, 2.05) is 6.92 Å². The SMILES string of the molecule is CCNC(=NCC(=O)NC1CC1)NCCCSc1ccc(F)cc1. The van der Waals surface area contributed by atoms with Crippen molar-refractivity contribution in [1.29, 1.82) is 0 Å². The van der Waals surface area contributed by atoms with E-state index in [1.165, 1.54) is 12.1 Å². The van der Waals surface area contributed by atoms with E-state index in [2.05, 4.69) is 20.9 Å². The maximum absolute atomic E-state index is 12.8. The molecule has 0 saturated heterocycles. The summed E-state index contributed by atoms with van der Waals surface area (Å²) in [6, 6.07) is 6.90. The molecule has 0 bridgehead atoms. The van der Waals surface area contributed by atoms with Crippen LogP contribution in [0.5, 0.6) is 0 Å². The normalized spacial score (nSPS) is 14.3. The molecule has 0 aromatic heterocycles. The molecule has 1 fully saturated rings. The van der Waals surface area contributed by atoms with Crippen molar-refractivity contribution in [3.05, 3.63) is 30.1 Å². The summed E-state index contributed by atoms with van der Waals surface area (Å²) in [5.41, 5.74) is 0. The first kappa shape index (κ1) is 18.6. The summed E-state index contributed by atoms with van der Waals surface area (Å²) in [5, 5.41) is 9.28. The van der Waals surface area contributed by atoms with E-state index in [0.29, 0.717) is 12.0 Å². The first-order chi connectivity index (χ1) is 11.7. The van der Waals surface area contributed by atoms with Crippen LogP contribution in [0.25, 0.3) is 0 Å². The van der Waals surface area contributed by atoms with E-state index in [9.17, 15) is 9.18 Å². The standard InChI is InChI=1S/C17H25FN4OS/c1-2-19-17(21-12-16(23)22-14-6-7-14)20-10-3-11-24-15-8-4-13(18)5-9-15/h4-5,8-9,14H,2-3,6-7,10-12H2,1H3,(H,22,23)(H2,19,20,21). The van der Waals surface area contributed by atoms with Crippen LogP contribution in [0.4, 0.5) is 4.39 Å².